The van der Waals surface area contributed by atoms with Gasteiger partial charge in [-0.15, -0.1) is 11.3 Å². The fourth-order valence-corrected chi connectivity index (χ4v) is 5.79. The van der Waals surface area contributed by atoms with E-state index in [1.165, 1.54) is 11.8 Å². The summed E-state index contributed by atoms with van der Waals surface area (Å²) in [5, 5.41) is 3.64. The van der Waals surface area contributed by atoms with Gasteiger partial charge in [-0.1, -0.05) is 36.4 Å². The molecule has 0 radical (unpaired) electrons. The Morgan fingerprint density at radius 3 is 2.72 bits per heavy atom. The molecule has 1 N–H and O–H groups in total. The molecule has 0 atom stereocenters. The van der Waals surface area contributed by atoms with Crippen LogP contribution in [0.5, 0.6) is 0 Å². The number of anilines is 2. The van der Waals surface area contributed by atoms with Gasteiger partial charge in [0.15, 0.2) is 4.34 Å². The first-order chi connectivity index (χ1) is 15.5. The molecule has 1 aliphatic rings. The Kier molecular flexibility index (Phi) is 7.55. The lowest BCUT2D eigenvalue weighted by Gasteiger charge is -2.36. The van der Waals surface area contributed by atoms with E-state index in [0.29, 0.717) is 25.3 Å². The molecule has 0 unspecified atom stereocenters. The van der Waals surface area contributed by atoms with Crippen molar-refractivity contribution >= 4 is 68.1 Å². The highest BCUT2D eigenvalue weighted by atomic mass is 35.5. The fourth-order valence-electron chi connectivity index (χ4n) is 3.60. The zero-order chi connectivity index (χ0) is 22.5. The van der Waals surface area contributed by atoms with Crippen molar-refractivity contribution < 1.29 is 9.59 Å². The number of nitrogens with zero attached hydrogens (tertiary/aromatic N) is 3. The van der Waals surface area contributed by atoms with E-state index in [-0.39, 0.29) is 11.8 Å². The Balaban J connectivity index is 1.29. The molecule has 1 fully saturated rings. The predicted octanol–water partition coefficient (Wildman–Crippen LogP) is 5.13. The first-order valence-corrected chi connectivity index (χ1v) is 12.8. The molecule has 1 saturated heterocycles. The average molecular weight is 489 g/mol. The van der Waals surface area contributed by atoms with Crippen molar-refractivity contribution in [3.63, 3.8) is 0 Å². The van der Waals surface area contributed by atoms with Crippen LogP contribution in [0.25, 0.3) is 10.2 Å². The number of nitrogens with one attached hydrogen (secondary N) is 1. The lowest BCUT2D eigenvalue weighted by atomic mass is 10.2. The first kappa shape index (κ1) is 22.9. The van der Waals surface area contributed by atoms with Crippen LogP contribution in [0.15, 0.2) is 46.8 Å². The number of thioether (sulfide) groups is 1. The third kappa shape index (κ3) is 5.74. The van der Waals surface area contributed by atoms with Crippen LogP contribution < -0.4 is 10.2 Å². The fraction of sp³-hybridized carbons (Fsp3) is 0.348. The number of amides is 2. The van der Waals surface area contributed by atoms with Gasteiger partial charge in [0.05, 0.1) is 16.0 Å². The zero-order valence-corrected chi connectivity index (χ0v) is 20.2. The highest BCUT2D eigenvalue weighted by Gasteiger charge is 2.22. The summed E-state index contributed by atoms with van der Waals surface area (Å²) in [4.78, 5) is 33.3. The van der Waals surface area contributed by atoms with Gasteiger partial charge in [0.2, 0.25) is 11.8 Å². The lowest BCUT2D eigenvalue weighted by Crippen LogP contribution is -2.49. The van der Waals surface area contributed by atoms with E-state index >= 15 is 0 Å². The Bertz CT molecular complexity index is 1110. The van der Waals surface area contributed by atoms with Crippen molar-refractivity contribution in [3.8, 4) is 0 Å². The van der Waals surface area contributed by atoms with Crippen molar-refractivity contribution in [2.45, 2.75) is 24.1 Å². The number of thiazole rings is 1. The lowest BCUT2D eigenvalue weighted by molar-refractivity contribution is -0.128. The van der Waals surface area contributed by atoms with Crippen molar-refractivity contribution in [2.24, 2.45) is 0 Å². The van der Waals surface area contributed by atoms with Gasteiger partial charge in [-0.25, -0.2) is 4.98 Å². The van der Waals surface area contributed by atoms with Crippen LogP contribution >= 0.6 is 34.7 Å². The Hall–Kier alpha value is -2.29. The first-order valence-electron chi connectivity index (χ1n) is 10.6. The number of piperazine rings is 1. The molecule has 4 rings (SSSR count). The van der Waals surface area contributed by atoms with Crippen LogP contribution in [0.3, 0.4) is 0 Å². The van der Waals surface area contributed by atoms with Gasteiger partial charge >= 0.3 is 0 Å². The van der Waals surface area contributed by atoms with Crippen molar-refractivity contribution in [3.05, 3.63) is 47.5 Å². The molecule has 0 aliphatic carbocycles. The summed E-state index contributed by atoms with van der Waals surface area (Å²) in [6.45, 7) is 4.98. The van der Waals surface area contributed by atoms with Crippen LogP contribution in [0.4, 0.5) is 11.4 Å². The number of carbonyl (C=O) groups is 2. The quantitative estimate of drug-likeness (QED) is 0.467. The second-order valence-corrected chi connectivity index (χ2v) is 10.3. The number of rotatable bonds is 7. The van der Waals surface area contributed by atoms with Crippen LogP contribution in [0, 0.1) is 0 Å². The maximum Gasteiger partial charge on any atom is 0.233 e. The van der Waals surface area contributed by atoms with E-state index in [1.54, 1.807) is 11.3 Å². The Morgan fingerprint density at radius 1 is 1.16 bits per heavy atom. The van der Waals surface area contributed by atoms with Crippen molar-refractivity contribution in [1.29, 1.82) is 0 Å². The molecule has 0 saturated carbocycles. The number of hydrogen-bond donors (Lipinski definition) is 1. The third-order valence-corrected chi connectivity index (χ3v) is 7.64. The minimum absolute atomic E-state index is 0.0204. The molecule has 9 heteroatoms. The molecule has 0 spiro atoms. The van der Waals surface area contributed by atoms with E-state index in [1.807, 2.05) is 54.3 Å². The summed E-state index contributed by atoms with van der Waals surface area (Å²) in [6, 6.07) is 13.6. The Labute approximate surface area is 200 Å². The molecule has 3 aromatic rings. The smallest absolute Gasteiger partial charge is 0.233 e. The molecule has 6 nitrogen and oxygen atoms in total. The number of carbonyl (C=O) groups excluding carboxylic acids is 2. The monoisotopic (exact) mass is 488 g/mol. The third-order valence-electron chi connectivity index (χ3n) is 5.25. The van der Waals surface area contributed by atoms with Crippen molar-refractivity contribution in [2.75, 3.05) is 42.1 Å². The highest BCUT2D eigenvalue weighted by molar-refractivity contribution is 8.01. The molecule has 2 amide bonds. The minimum Gasteiger partial charge on any atom is -0.368 e. The minimum atomic E-state index is 0.0204. The van der Waals surface area contributed by atoms with Gasteiger partial charge in [-0.2, -0.15) is 0 Å². The van der Waals surface area contributed by atoms with E-state index in [0.717, 1.165) is 50.5 Å². The van der Waals surface area contributed by atoms with Crippen LogP contribution in [-0.2, 0) is 9.59 Å². The number of hydrogen-bond acceptors (Lipinski definition) is 6. The summed E-state index contributed by atoms with van der Waals surface area (Å²) < 4.78 is 1.87. The SMILES string of the molecule is CCCC(=O)Nc1ccc2nc(SCC(=O)N3CCN(c4cccc(Cl)c4)CC3)sc2c1. The van der Waals surface area contributed by atoms with Gasteiger partial charge in [-0.3, -0.25) is 9.59 Å². The number of halogens is 1. The normalized spacial score (nSPS) is 14.1. The summed E-state index contributed by atoms with van der Waals surface area (Å²) >= 11 is 9.12. The van der Waals surface area contributed by atoms with Gasteiger partial charge < -0.3 is 15.1 Å². The summed E-state index contributed by atoms with van der Waals surface area (Å²) in [6.07, 6.45) is 1.33. The summed E-state index contributed by atoms with van der Waals surface area (Å²) in [5.41, 5.74) is 2.76. The molecule has 2 aromatic carbocycles. The van der Waals surface area contributed by atoms with E-state index in [9.17, 15) is 9.59 Å². The van der Waals surface area contributed by atoms with E-state index in [4.69, 9.17) is 11.6 Å². The van der Waals surface area contributed by atoms with E-state index < -0.39 is 0 Å². The molecule has 1 aliphatic heterocycles. The maximum absolute atomic E-state index is 12.7. The highest BCUT2D eigenvalue weighted by Crippen LogP contribution is 2.31. The molecule has 1 aromatic heterocycles. The molecule has 2 heterocycles. The van der Waals surface area contributed by atoms with Crippen LogP contribution in [-0.4, -0.2) is 53.6 Å². The molecule has 168 valence electrons. The zero-order valence-electron chi connectivity index (χ0n) is 17.8. The number of fused-ring (bicyclic) bond motifs is 1. The van der Waals surface area contributed by atoms with E-state index in [2.05, 4.69) is 15.2 Å². The second kappa shape index (κ2) is 10.6. The average Bonchev–Trinajstić information content (AvgIpc) is 3.20. The molecular formula is C23H25ClN4O2S2. The van der Waals surface area contributed by atoms with Crippen LogP contribution in [0.1, 0.15) is 19.8 Å². The summed E-state index contributed by atoms with van der Waals surface area (Å²) in [7, 11) is 0. The van der Waals surface area contributed by atoms with Crippen molar-refractivity contribution in [1.82, 2.24) is 9.88 Å². The number of benzene rings is 2. The Morgan fingerprint density at radius 2 is 1.97 bits per heavy atom. The second-order valence-electron chi connectivity index (χ2n) is 7.60. The van der Waals surface area contributed by atoms with Gasteiger partial charge in [0.25, 0.3) is 0 Å². The maximum atomic E-state index is 12.7. The van der Waals surface area contributed by atoms with Gasteiger partial charge in [-0.05, 0) is 42.8 Å². The topological polar surface area (TPSA) is 65.5 Å². The van der Waals surface area contributed by atoms with Crippen LogP contribution in [0.2, 0.25) is 5.02 Å². The largest absolute Gasteiger partial charge is 0.368 e. The van der Waals surface area contributed by atoms with Gasteiger partial charge in [0, 0.05) is 49.0 Å². The number of aromatic nitrogens is 1. The molecular weight excluding hydrogens is 464 g/mol. The molecule has 32 heavy (non-hydrogen) atoms. The standard InChI is InChI=1S/C23H25ClN4O2S2/c1-2-4-21(29)25-17-7-8-19-20(14-17)32-23(26-19)31-15-22(30)28-11-9-27(10-12-28)18-6-3-5-16(24)13-18/h3,5-8,13-14H,2,4,9-12,15H2,1H3,(H,25,29). The molecule has 0 bridgehead atoms. The summed E-state index contributed by atoms with van der Waals surface area (Å²) in [5.74, 6) is 0.524. The van der Waals surface area contributed by atoms with Gasteiger partial charge in [0.1, 0.15) is 0 Å². The predicted molar refractivity (Wildman–Crippen MR) is 134 cm³/mol.